The van der Waals surface area contributed by atoms with E-state index in [2.05, 4.69) is 4.98 Å². The van der Waals surface area contributed by atoms with Crippen LogP contribution in [0.4, 0.5) is 0 Å². The average Bonchev–Trinajstić information content (AvgIpc) is 3.10. The van der Waals surface area contributed by atoms with E-state index < -0.39 is 22.8 Å². The Labute approximate surface area is 126 Å². The number of fused-ring (bicyclic) bond motifs is 2. The molecule has 7 nitrogen and oxygen atoms in total. The Hall–Kier alpha value is -1.61. The van der Waals surface area contributed by atoms with Crippen molar-refractivity contribution < 1.29 is 18.9 Å². The van der Waals surface area contributed by atoms with Crippen LogP contribution in [0.25, 0.3) is 6.08 Å². The standard InChI is InChI=1S/C12H11N3O4S2/c16-9-7(10-15(9)8(5-20-10)11(17)18)3-6-4-14-1-2-21(19)12(14)13-6/h3-4,8,10H,1-2,5H2,(H,17,18)/t8?,10-,21?/m1/s1. The first-order valence-corrected chi connectivity index (χ1v) is 8.77. The summed E-state index contributed by atoms with van der Waals surface area (Å²) in [5, 5.41) is 9.42. The molecule has 0 aliphatic carbocycles. The van der Waals surface area contributed by atoms with Crippen molar-refractivity contribution in [2.24, 2.45) is 0 Å². The van der Waals surface area contributed by atoms with Gasteiger partial charge in [0.15, 0.2) is 5.16 Å². The van der Waals surface area contributed by atoms with Gasteiger partial charge < -0.3 is 14.6 Å². The maximum absolute atomic E-state index is 12.1. The molecule has 0 aromatic carbocycles. The molecule has 3 aliphatic rings. The lowest BCUT2D eigenvalue weighted by molar-refractivity contribution is -0.150. The average molecular weight is 325 g/mol. The number of aryl methyl sites for hydroxylation is 1. The third kappa shape index (κ3) is 1.80. The Bertz CT molecular complexity index is 726. The SMILES string of the molecule is O=C(O)C1CS[C@@H]2C(=Cc3cn4c(n3)S(=O)CC4)C(=O)N12. The van der Waals surface area contributed by atoms with Crippen molar-refractivity contribution in [1.82, 2.24) is 14.5 Å². The second kappa shape index (κ2) is 4.44. The van der Waals surface area contributed by atoms with Crippen LogP contribution in [-0.4, -0.2) is 58.6 Å². The number of amides is 1. The minimum atomic E-state index is -1.06. The molecule has 0 radical (unpaired) electrons. The van der Waals surface area contributed by atoms with E-state index in [1.54, 1.807) is 12.3 Å². The number of β-lactam (4-membered cyclic amide) rings is 1. The van der Waals surface area contributed by atoms with Gasteiger partial charge in [-0.3, -0.25) is 9.00 Å². The van der Waals surface area contributed by atoms with Crippen LogP contribution in [0.15, 0.2) is 16.9 Å². The van der Waals surface area contributed by atoms with Gasteiger partial charge >= 0.3 is 5.97 Å². The number of aromatic nitrogens is 2. The second-order valence-corrected chi connectivity index (χ2v) is 7.62. The van der Waals surface area contributed by atoms with E-state index in [4.69, 9.17) is 5.11 Å². The Balaban J connectivity index is 1.61. The number of aliphatic carboxylic acids is 1. The molecule has 4 rings (SSSR count). The largest absolute Gasteiger partial charge is 0.480 e. The molecular formula is C12H11N3O4S2. The van der Waals surface area contributed by atoms with E-state index in [0.29, 0.717) is 34.5 Å². The summed E-state index contributed by atoms with van der Waals surface area (Å²) in [7, 11) is -1.06. The van der Waals surface area contributed by atoms with Crippen molar-refractivity contribution in [2.45, 2.75) is 23.1 Å². The molecule has 0 saturated carbocycles. The molecule has 1 aromatic heterocycles. The van der Waals surface area contributed by atoms with Crippen LogP contribution < -0.4 is 0 Å². The first-order chi connectivity index (χ1) is 10.1. The number of carbonyl (C=O) groups is 2. The number of imidazole rings is 1. The summed E-state index contributed by atoms with van der Waals surface area (Å²) >= 11 is 1.45. The predicted molar refractivity (Wildman–Crippen MR) is 76.0 cm³/mol. The maximum atomic E-state index is 12.1. The van der Waals surface area contributed by atoms with Crippen LogP contribution in [0.1, 0.15) is 5.69 Å². The Morgan fingerprint density at radius 3 is 3.10 bits per heavy atom. The molecule has 2 unspecified atom stereocenters. The molecule has 110 valence electrons. The highest BCUT2D eigenvalue weighted by Gasteiger charge is 2.53. The molecule has 21 heavy (non-hydrogen) atoms. The summed E-state index contributed by atoms with van der Waals surface area (Å²) in [4.78, 5) is 28.8. The molecule has 0 spiro atoms. The van der Waals surface area contributed by atoms with E-state index in [1.165, 1.54) is 16.7 Å². The number of carboxylic acids is 1. The Kier molecular flexibility index (Phi) is 2.77. The van der Waals surface area contributed by atoms with Gasteiger partial charge in [-0.2, -0.15) is 0 Å². The third-order valence-electron chi connectivity index (χ3n) is 3.82. The Morgan fingerprint density at radius 1 is 1.57 bits per heavy atom. The van der Waals surface area contributed by atoms with Crippen molar-refractivity contribution in [3.05, 3.63) is 17.5 Å². The molecular weight excluding hydrogens is 314 g/mol. The van der Waals surface area contributed by atoms with Crippen molar-refractivity contribution in [3.63, 3.8) is 0 Å². The van der Waals surface area contributed by atoms with Crippen molar-refractivity contribution in [1.29, 1.82) is 0 Å². The van der Waals surface area contributed by atoms with E-state index in [0.717, 1.165) is 0 Å². The van der Waals surface area contributed by atoms with E-state index in [9.17, 15) is 13.8 Å². The number of carbonyl (C=O) groups excluding carboxylic acids is 1. The van der Waals surface area contributed by atoms with Crippen LogP contribution >= 0.6 is 11.8 Å². The second-order valence-electron chi connectivity index (χ2n) is 5.04. The van der Waals surface area contributed by atoms with Gasteiger partial charge in [-0.15, -0.1) is 11.8 Å². The lowest BCUT2D eigenvalue weighted by atomic mass is 10.0. The van der Waals surface area contributed by atoms with Gasteiger partial charge in [-0.05, 0) is 6.08 Å². The maximum Gasteiger partial charge on any atom is 0.327 e. The predicted octanol–water partition coefficient (Wildman–Crippen LogP) is -0.244. The molecule has 2 saturated heterocycles. The van der Waals surface area contributed by atoms with Crippen LogP contribution in [0.3, 0.4) is 0 Å². The number of hydrogen-bond donors (Lipinski definition) is 1. The van der Waals surface area contributed by atoms with Gasteiger partial charge in [0.25, 0.3) is 5.91 Å². The molecule has 2 fully saturated rings. The molecule has 1 aromatic rings. The topological polar surface area (TPSA) is 92.5 Å². The Morgan fingerprint density at radius 2 is 2.38 bits per heavy atom. The molecule has 3 aliphatic heterocycles. The summed E-state index contributed by atoms with van der Waals surface area (Å²) in [6.45, 7) is 0.678. The van der Waals surface area contributed by atoms with Crippen LogP contribution in [0, 0.1) is 0 Å². The number of hydrogen-bond acceptors (Lipinski definition) is 5. The summed E-state index contributed by atoms with van der Waals surface area (Å²) < 4.78 is 13.5. The first kappa shape index (κ1) is 13.1. The van der Waals surface area contributed by atoms with E-state index in [-0.39, 0.29) is 11.3 Å². The van der Waals surface area contributed by atoms with Crippen molar-refractivity contribution in [2.75, 3.05) is 11.5 Å². The zero-order valence-electron chi connectivity index (χ0n) is 10.8. The quantitative estimate of drug-likeness (QED) is 0.596. The number of rotatable bonds is 2. The lowest BCUT2D eigenvalue weighted by Crippen LogP contribution is -2.56. The first-order valence-electron chi connectivity index (χ1n) is 6.40. The molecule has 1 amide bonds. The van der Waals surface area contributed by atoms with Gasteiger partial charge in [-0.1, -0.05) is 0 Å². The monoisotopic (exact) mass is 325 g/mol. The van der Waals surface area contributed by atoms with Crippen LogP contribution in [0.2, 0.25) is 0 Å². The zero-order chi connectivity index (χ0) is 14.7. The lowest BCUT2D eigenvalue weighted by Gasteiger charge is -2.38. The smallest absolute Gasteiger partial charge is 0.327 e. The highest BCUT2D eigenvalue weighted by Crippen LogP contribution is 2.43. The molecule has 1 N–H and O–H groups in total. The fraction of sp³-hybridized carbons (Fsp3) is 0.417. The minimum Gasteiger partial charge on any atom is -0.480 e. The van der Waals surface area contributed by atoms with E-state index >= 15 is 0 Å². The summed E-state index contributed by atoms with van der Waals surface area (Å²) in [5.41, 5.74) is 1.19. The fourth-order valence-corrected chi connectivity index (χ4v) is 5.34. The van der Waals surface area contributed by atoms with E-state index in [1.807, 2.05) is 4.57 Å². The molecule has 9 heteroatoms. The fourth-order valence-electron chi connectivity index (χ4n) is 2.77. The van der Waals surface area contributed by atoms with Crippen LogP contribution in [0.5, 0.6) is 0 Å². The number of thioether (sulfide) groups is 1. The van der Waals surface area contributed by atoms with Gasteiger partial charge in [0.05, 0.1) is 22.1 Å². The summed E-state index contributed by atoms with van der Waals surface area (Å²) in [6.07, 6.45) is 3.47. The van der Waals surface area contributed by atoms with Crippen molar-refractivity contribution in [3.8, 4) is 0 Å². The van der Waals surface area contributed by atoms with Gasteiger partial charge in [0, 0.05) is 24.2 Å². The zero-order valence-corrected chi connectivity index (χ0v) is 12.4. The highest BCUT2D eigenvalue weighted by atomic mass is 32.2. The van der Waals surface area contributed by atoms with Crippen LogP contribution in [-0.2, 0) is 26.9 Å². The van der Waals surface area contributed by atoms with Gasteiger partial charge in [0.2, 0.25) is 0 Å². The normalized spacial score (nSPS) is 32.2. The molecule has 0 bridgehead atoms. The highest BCUT2D eigenvalue weighted by molar-refractivity contribution is 8.00. The summed E-state index contributed by atoms with van der Waals surface area (Å²) in [5.74, 6) is -0.210. The summed E-state index contributed by atoms with van der Waals surface area (Å²) in [6, 6.07) is -0.732. The van der Waals surface area contributed by atoms with Gasteiger partial charge in [-0.25, -0.2) is 9.78 Å². The van der Waals surface area contributed by atoms with Gasteiger partial charge in [0.1, 0.15) is 11.4 Å². The minimum absolute atomic E-state index is 0.194. The number of carboxylic acid groups (broad SMARTS) is 1. The molecule has 3 atom stereocenters. The molecule has 4 heterocycles. The number of nitrogens with zero attached hydrogens (tertiary/aromatic N) is 3. The third-order valence-corrected chi connectivity index (χ3v) is 6.41. The van der Waals surface area contributed by atoms with Crippen molar-refractivity contribution >= 4 is 40.5 Å².